The van der Waals surface area contributed by atoms with Gasteiger partial charge in [-0.15, -0.1) is 0 Å². The molecule has 15 heavy (non-hydrogen) atoms. The zero-order valence-electron chi connectivity index (χ0n) is 8.21. The van der Waals surface area contributed by atoms with Crippen molar-refractivity contribution in [2.24, 2.45) is 5.73 Å². The minimum atomic E-state index is -0.546. The number of halogens is 1. The molecular weight excluding hydrogens is 215 g/mol. The average molecular weight is 226 g/mol. The van der Waals surface area contributed by atoms with Gasteiger partial charge in [0.15, 0.2) is 0 Å². The van der Waals surface area contributed by atoms with Gasteiger partial charge in [0.05, 0.1) is 17.1 Å². The molecule has 0 bridgehead atoms. The molecule has 0 aliphatic rings. The SMILES string of the molecule is Cc1ccc(C(=O)NCC(N)=S)c(F)c1. The van der Waals surface area contributed by atoms with E-state index in [1.807, 2.05) is 0 Å². The van der Waals surface area contributed by atoms with Gasteiger partial charge in [0, 0.05) is 0 Å². The fraction of sp³-hybridized carbons (Fsp3) is 0.200. The molecule has 3 nitrogen and oxygen atoms in total. The molecule has 0 saturated carbocycles. The van der Waals surface area contributed by atoms with Crippen LogP contribution in [0.2, 0.25) is 0 Å². The summed E-state index contributed by atoms with van der Waals surface area (Å²) < 4.78 is 13.3. The largest absolute Gasteiger partial charge is 0.392 e. The van der Waals surface area contributed by atoms with Crippen LogP contribution >= 0.6 is 12.2 Å². The van der Waals surface area contributed by atoms with Gasteiger partial charge in [-0.3, -0.25) is 4.79 Å². The summed E-state index contributed by atoms with van der Waals surface area (Å²) in [5.74, 6) is -1.06. The van der Waals surface area contributed by atoms with Crippen molar-refractivity contribution in [3.8, 4) is 0 Å². The van der Waals surface area contributed by atoms with Crippen molar-refractivity contribution in [1.29, 1.82) is 0 Å². The molecule has 1 rings (SSSR count). The molecule has 0 atom stereocenters. The molecule has 0 radical (unpaired) electrons. The smallest absolute Gasteiger partial charge is 0.254 e. The Balaban J connectivity index is 2.78. The number of carbonyl (C=O) groups is 1. The Labute approximate surface area is 92.5 Å². The van der Waals surface area contributed by atoms with Gasteiger partial charge in [0.25, 0.3) is 5.91 Å². The van der Waals surface area contributed by atoms with Crippen molar-refractivity contribution in [2.75, 3.05) is 6.54 Å². The van der Waals surface area contributed by atoms with E-state index in [0.717, 1.165) is 5.56 Å². The van der Waals surface area contributed by atoms with Gasteiger partial charge >= 0.3 is 0 Å². The van der Waals surface area contributed by atoms with E-state index in [1.165, 1.54) is 12.1 Å². The van der Waals surface area contributed by atoms with Crippen LogP contribution in [-0.2, 0) is 0 Å². The van der Waals surface area contributed by atoms with Crippen molar-refractivity contribution < 1.29 is 9.18 Å². The fourth-order valence-electron chi connectivity index (χ4n) is 1.07. The lowest BCUT2D eigenvalue weighted by Crippen LogP contribution is -2.32. The normalized spacial score (nSPS) is 9.73. The lowest BCUT2D eigenvalue weighted by atomic mass is 10.1. The molecule has 0 unspecified atom stereocenters. The Kier molecular flexibility index (Phi) is 3.74. The number of amides is 1. The molecule has 0 spiro atoms. The second kappa shape index (κ2) is 4.84. The van der Waals surface area contributed by atoms with Gasteiger partial charge < -0.3 is 11.1 Å². The van der Waals surface area contributed by atoms with Gasteiger partial charge in [-0.25, -0.2) is 4.39 Å². The van der Waals surface area contributed by atoms with Gasteiger partial charge in [0.2, 0.25) is 0 Å². The van der Waals surface area contributed by atoms with E-state index in [4.69, 9.17) is 5.73 Å². The third kappa shape index (κ3) is 3.28. The molecule has 0 aromatic heterocycles. The second-order valence-corrected chi connectivity index (χ2v) is 3.66. The lowest BCUT2D eigenvalue weighted by molar-refractivity contribution is 0.0955. The minimum Gasteiger partial charge on any atom is -0.392 e. The summed E-state index contributed by atoms with van der Waals surface area (Å²) in [6, 6.07) is 4.40. The number of nitrogens with two attached hydrogens (primary N) is 1. The third-order valence-electron chi connectivity index (χ3n) is 1.79. The average Bonchev–Trinajstić information content (AvgIpc) is 2.14. The van der Waals surface area contributed by atoms with E-state index < -0.39 is 11.7 Å². The van der Waals surface area contributed by atoms with Crippen LogP contribution in [0.5, 0.6) is 0 Å². The van der Waals surface area contributed by atoms with E-state index in [2.05, 4.69) is 17.5 Å². The van der Waals surface area contributed by atoms with E-state index in [1.54, 1.807) is 13.0 Å². The van der Waals surface area contributed by atoms with Crippen LogP contribution in [0.25, 0.3) is 0 Å². The molecule has 0 saturated heterocycles. The Bertz CT molecular complexity index is 406. The number of benzene rings is 1. The first kappa shape index (κ1) is 11.6. The van der Waals surface area contributed by atoms with Crippen molar-refractivity contribution in [1.82, 2.24) is 5.32 Å². The highest BCUT2D eigenvalue weighted by Crippen LogP contribution is 2.09. The first-order chi connectivity index (χ1) is 7.00. The number of rotatable bonds is 3. The predicted molar refractivity (Wildman–Crippen MR) is 60.3 cm³/mol. The molecule has 1 aromatic carbocycles. The number of nitrogens with one attached hydrogen (secondary N) is 1. The standard InChI is InChI=1S/C10H11FN2OS/c1-6-2-3-7(8(11)4-6)10(14)13-5-9(12)15/h2-4H,5H2,1H3,(H2,12,15)(H,13,14). The molecule has 0 aliphatic heterocycles. The molecule has 3 N–H and O–H groups in total. The molecule has 80 valence electrons. The highest BCUT2D eigenvalue weighted by Gasteiger charge is 2.10. The van der Waals surface area contributed by atoms with Crippen LogP contribution in [0, 0.1) is 12.7 Å². The summed E-state index contributed by atoms with van der Waals surface area (Å²) in [4.78, 5) is 11.6. The van der Waals surface area contributed by atoms with Crippen LogP contribution in [0.3, 0.4) is 0 Å². The molecule has 0 heterocycles. The monoisotopic (exact) mass is 226 g/mol. The number of hydrogen-bond donors (Lipinski definition) is 2. The van der Waals surface area contributed by atoms with Gasteiger partial charge in [-0.1, -0.05) is 18.3 Å². The van der Waals surface area contributed by atoms with Crippen molar-refractivity contribution >= 4 is 23.1 Å². The summed E-state index contributed by atoms with van der Waals surface area (Å²) in [7, 11) is 0. The molecule has 0 fully saturated rings. The van der Waals surface area contributed by atoms with Crippen LogP contribution in [-0.4, -0.2) is 17.4 Å². The number of thiocarbonyl (C=S) groups is 1. The van der Waals surface area contributed by atoms with Gasteiger partial charge in [-0.2, -0.15) is 0 Å². The van der Waals surface area contributed by atoms with Crippen molar-refractivity contribution in [3.63, 3.8) is 0 Å². The van der Waals surface area contributed by atoms with Gasteiger partial charge in [0.1, 0.15) is 5.82 Å². The predicted octanol–water partition coefficient (Wildman–Crippen LogP) is 1.15. The molecule has 0 aliphatic carbocycles. The molecule has 5 heteroatoms. The summed E-state index contributed by atoms with van der Waals surface area (Å²) in [5, 5.41) is 2.41. The number of aryl methyl sites for hydroxylation is 1. The second-order valence-electron chi connectivity index (χ2n) is 3.13. The van der Waals surface area contributed by atoms with Crippen molar-refractivity contribution in [3.05, 3.63) is 35.1 Å². The third-order valence-corrected chi connectivity index (χ3v) is 1.94. The highest BCUT2D eigenvalue weighted by molar-refractivity contribution is 7.80. The van der Waals surface area contributed by atoms with Crippen molar-refractivity contribution in [2.45, 2.75) is 6.92 Å². The van der Waals surface area contributed by atoms with E-state index in [0.29, 0.717) is 0 Å². The quantitative estimate of drug-likeness (QED) is 0.760. The number of hydrogen-bond acceptors (Lipinski definition) is 2. The summed E-state index contributed by atoms with van der Waals surface area (Å²) in [6.45, 7) is 1.82. The molecule has 1 amide bonds. The van der Waals surface area contributed by atoms with E-state index >= 15 is 0 Å². The summed E-state index contributed by atoms with van der Waals surface area (Å²) in [6.07, 6.45) is 0. The number of carbonyl (C=O) groups excluding carboxylic acids is 1. The summed E-state index contributed by atoms with van der Waals surface area (Å²) >= 11 is 4.59. The minimum absolute atomic E-state index is 0.00292. The zero-order chi connectivity index (χ0) is 11.4. The zero-order valence-corrected chi connectivity index (χ0v) is 9.03. The first-order valence-electron chi connectivity index (χ1n) is 4.33. The highest BCUT2D eigenvalue weighted by atomic mass is 32.1. The molecule has 1 aromatic rings. The Morgan fingerprint density at radius 3 is 2.80 bits per heavy atom. The fourth-order valence-corrected chi connectivity index (χ4v) is 1.14. The topological polar surface area (TPSA) is 55.1 Å². The summed E-state index contributed by atoms with van der Waals surface area (Å²) in [5.41, 5.74) is 5.96. The van der Waals surface area contributed by atoms with Crippen LogP contribution < -0.4 is 11.1 Å². The van der Waals surface area contributed by atoms with E-state index in [-0.39, 0.29) is 17.1 Å². The Morgan fingerprint density at radius 1 is 1.60 bits per heavy atom. The first-order valence-corrected chi connectivity index (χ1v) is 4.74. The maximum Gasteiger partial charge on any atom is 0.254 e. The Morgan fingerprint density at radius 2 is 2.27 bits per heavy atom. The lowest BCUT2D eigenvalue weighted by Gasteiger charge is -2.05. The van der Waals surface area contributed by atoms with E-state index in [9.17, 15) is 9.18 Å². The maximum atomic E-state index is 13.3. The molecular formula is C10H11FN2OS. The van der Waals surface area contributed by atoms with Crippen LogP contribution in [0.15, 0.2) is 18.2 Å². The van der Waals surface area contributed by atoms with Crippen LogP contribution in [0.4, 0.5) is 4.39 Å². The maximum absolute atomic E-state index is 13.3. The van der Waals surface area contributed by atoms with Crippen LogP contribution in [0.1, 0.15) is 15.9 Å². The van der Waals surface area contributed by atoms with Gasteiger partial charge in [-0.05, 0) is 24.6 Å². The Hall–Kier alpha value is -1.49.